The Labute approximate surface area is 125 Å². The van der Waals surface area contributed by atoms with Crippen molar-refractivity contribution in [3.63, 3.8) is 0 Å². The fourth-order valence-electron chi connectivity index (χ4n) is 2.83. The van der Waals surface area contributed by atoms with Gasteiger partial charge < -0.3 is 20.3 Å². The van der Waals surface area contributed by atoms with Crippen molar-refractivity contribution in [3.8, 4) is 0 Å². The number of pyridine rings is 1. The van der Waals surface area contributed by atoms with Gasteiger partial charge in [-0.05, 0) is 24.6 Å². The smallest absolute Gasteiger partial charge is 0.0642 e. The first-order chi connectivity index (χ1) is 10.1. The molecule has 0 radical (unpaired) electrons. The number of nitrogen functional groups attached to an aromatic ring is 1. The molecule has 2 aliphatic rings. The number of morpholine rings is 1. The SMILES string of the molecule is Cc1ncc(N)cc1C1=CC(N2CCOCC2)=CN(C)C1. The highest BCUT2D eigenvalue weighted by atomic mass is 16.5. The highest BCUT2D eigenvalue weighted by Gasteiger charge is 2.19. The van der Waals surface area contributed by atoms with E-state index in [1.807, 2.05) is 13.0 Å². The fraction of sp³-hybridized carbons (Fsp3) is 0.438. The molecule has 0 spiro atoms. The lowest BCUT2D eigenvalue weighted by atomic mass is 10.0. The molecule has 0 atom stereocenters. The van der Waals surface area contributed by atoms with Crippen LogP contribution >= 0.6 is 0 Å². The third kappa shape index (κ3) is 3.03. The summed E-state index contributed by atoms with van der Waals surface area (Å²) in [6, 6.07) is 2.02. The van der Waals surface area contributed by atoms with E-state index in [1.165, 1.54) is 11.3 Å². The van der Waals surface area contributed by atoms with E-state index in [0.29, 0.717) is 5.69 Å². The van der Waals surface area contributed by atoms with Gasteiger partial charge in [0.2, 0.25) is 0 Å². The van der Waals surface area contributed by atoms with E-state index < -0.39 is 0 Å². The van der Waals surface area contributed by atoms with Crippen LogP contribution in [0, 0.1) is 6.92 Å². The number of nitrogens with two attached hydrogens (primary N) is 1. The third-order valence-electron chi connectivity index (χ3n) is 3.92. The Balaban J connectivity index is 1.93. The van der Waals surface area contributed by atoms with Gasteiger partial charge in [0, 0.05) is 44.1 Å². The Morgan fingerprint density at radius 2 is 2.05 bits per heavy atom. The molecule has 0 amide bonds. The molecule has 0 saturated carbocycles. The average molecular weight is 286 g/mol. The molecule has 5 nitrogen and oxygen atoms in total. The zero-order valence-corrected chi connectivity index (χ0v) is 12.7. The lowest BCUT2D eigenvalue weighted by Gasteiger charge is -2.34. The van der Waals surface area contributed by atoms with Gasteiger partial charge in [0.15, 0.2) is 0 Å². The molecule has 3 heterocycles. The molecule has 1 saturated heterocycles. The highest BCUT2D eigenvalue weighted by molar-refractivity contribution is 5.73. The first kappa shape index (κ1) is 13.9. The monoisotopic (exact) mass is 286 g/mol. The fourth-order valence-corrected chi connectivity index (χ4v) is 2.83. The second kappa shape index (κ2) is 5.77. The van der Waals surface area contributed by atoms with Crippen LogP contribution < -0.4 is 5.73 Å². The summed E-state index contributed by atoms with van der Waals surface area (Å²) in [5, 5.41) is 0. The standard InChI is InChI=1S/C16H22N4O/c1-12-16(8-14(17)9-18-12)13-7-15(11-19(2)10-13)20-3-5-21-6-4-20/h7-9,11H,3-6,10,17H2,1-2H3. The number of anilines is 1. The summed E-state index contributed by atoms with van der Waals surface area (Å²) in [5.74, 6) is 0. The van der Waals surface area contributed by atoms with Gasteiger partial charge in [0.25, 0.3) is 0 Å². The van der Waals surface area contributed by atoms with Gasteiger partial charge in [-0.3, -0.25) is 4.98 Å². The first-order valence-corrected chi connectivity index (χ1v) is 7.31. The van der Waals surface area contributed by atoms with Crippen molar-refractivity contribution in [3.05, 3.63) is 41.5 Å². The molecule has 1 aromatic rings. The summed E-state index contributed by atoms with van der Waals surface area (Å²) in [5.41, 5.74) is 11.3. The van der Waals surface area contributed by atoms with Crippen molar-refractivity contribution >= 4 is 11.3 Å². The maximum absolute atomic E-state index is 5.90. The summed E-state index contributed by atoms with van der Waals surface area (Å²) < 4.78 is 5.43. The minimum atomic E-state index is 0.710. The Hall–Kier alpha value is -2.01. The number of nitrogens with zero attached hydrogens (tertiary/aromatic N) is 3. The van der Waals surface area contributed by atoms with E-state index >= 15 is 0 Å². The predicted octanol–water partition coefficient (Wildman–Crippen LogP) is 1.47. The number of aromatic nitrogens is 1. The number of aryl methyl sites for hydroxylation is 1. The Kier molecular flexibility index (Phi) is 3.84. The largest absolute Gasteiger partial charge is 0.397 e. The van der Waals surface area contributed by atoms with Gasteiger partial charge in [-0.15, -0.1) is 0 Å². The molecule has 112 valence electrons. The number of likely N-dealkylation sites (N-methyl/N-ethyl adjacent to an activating group) is 1. The normalized spacial score (nSPS) is 19.3. The zero-order chi connectivity index (χ0) is 14.8. The zero-order valence-electron chi connectivity index (χ0n) is 12.7. The molecule has 0 bridgehead atoms. The number of hydrogen-bond acceptors (Lipinski definition) is 5. The molecule has 2 N–H and O–H groups in total. The van der Waals surface area contributed by atoms with Crippen LogP contribution in [0.4, 0.5) is 5.69 Å². The van der Waals surface area contributed by atoms with Crippen LogP contribution in [0.25, 0.3) is 5.57 Å². The quantitative estimate of drug-likeness (QED) is 0.892. The Morgan fingerprint density at radius 3 is 2.81 bits per heavy atom. The summed E-state index contributed by atoms with van der Waals surface area (Å²) in [6.45, 7) is 6.38. The Morgan fingerprint density at radius 1 is 1.29 bits per heavy atom. The highest BCUT2D eigenvalue weighted by Crippen LogP contribution is 2.27. The molecule has 3 rings (SSSR count). The molecule has 21 heavy (non-hydrogen) atoms. The minimum Gasteiger partial charge on any atom is -0.397 e. The van der Waals surface area contributed by atoms with Gasteiger partial charge >= 0.3 is 0 Å². The summed E-state index contributed by atoms with van der Waals surface area (Å²) in [4.78, 5) is 8.96. The van der Waals surface area contributed by atoms with Crippen molar-refractivity contribution in [2.75, 3.05) is 45.6 Å². The topological polar surface area (TPSA) is 54.6 Å². The molecule has 2 aliphatic heterocycles. The predicted molar refractivity (Wildman–Crippen MR) is 84.5 cm³/mol. The number of hydrogen-bond donors (Lipinski definition) is 1. The third-order valence-corrected chi connectivity index (χ3v) is 3.92. The van der Waals surface area contributed by atoms with Crippen LogP contribution in [-0.2, 0) is 4.74 Å². The van der Waals surface area contributed by atoms with Crippen molar-refractivity contribution < 1.29 is 4.74 Å². The lowest BCUT2D eigenvalue weighted by molar-refractivity contribution is 0.0545. The molecular formula is C16H22N4O. The molecule has 1 aromatic heterocycles. The van der Waals surface area contributed by atoms with Crippen molar-refractivity contribution in [2.24, 2.45) is 0 Å². The van der Waals surface area contributed by atoms with Crippen LogP contribution in [0.3, 0.4) is 0 Å². The van der Waals surface area contributed by atoms with Crippen LogP contribution in [0.1, 0.15) is 11.3 Å². The van der Waals surface area contributed by atoms with Crippen molar-refractivity contribution in [1.82, 2.24) is 14.8 Å². The number of ether oxygens (including phenoxy) is 1. The molecule has 0 aromatic carbocycles. The van der Waals surface area contributed by atoms with Crippen LogP contribution in [0.2, 0.25) is 0 Å². The molecular weight excluding hydrogens is 264 g/mol. The average Bonchev–Trinajstić information content (AvgIpc) is 2.50. The van der Waals surface area contributed by atoms with Crippen molar-refractivity contribution in [1.29, 1.82) is 0 Å². The van der Waals surface area contributed by atoms with Crippen molar-refractivity contribution in [2.45, 2.75) is 6.92 Å². The molecule has 0 unspecified atom stereocenters. The number of rotatable bonds is 2. The van der Waals surface area contributed by atoms with E-state index in [4.69, 9.17) is 10.5 Å². The van der Waals surface area contributed by atoms with E-state index in [0.717, 1.165) is 44.1 Å². The Bertz CT molecular complexity index is 588. The van der Waals surface area contributed by atoms with E-state index in [2.05, 4.69) is 34.1 Å². The number of allylic oxidation sites excluding steroid dienone is 1. The van der Waals surface area contributed by atoms with Gasteiger partial charge in [0.1, 0.15) is 0 Å². The van der Waals surface area contributed by atoms with Crippen LogP contribution in [-0.4, -0.2) is 54.7 Å². The molecule has 0 aliphatic carbocycles. The molecule has 1 fully saturated rings. The maximum atomic E-state index is 5.90. The van der Waals surface area contributed by atoms with E-state index in [9.17, 15) is 0 Å². The lowest BCUT2D eigenvalue weighted by Crippen LogP contribution is -2.37. The van der Waals surface area contributed by atoms with Gasteiger partial charge in [-0.2, -0.15) is 0 Å². The van der Waals surface area contributed by atoms with Crippen LogP contribution in [0.5, 0.6) is 0 Å². The van der Waals surface area contributed by atoms with E-state index in [-0.39, 0.29) is 0 Å². The molecule has 5 heteroatoms. The second-order valence-corrected chi connectivity index (χ2v) is 5.64. The van der Waals surface area contributed by atoms with E-state index in [1.54, 1.807) is 6.20 Å². The van der Waals surface area contributed by atoms with Gasteiger partial charge in [-0.1, -0.05) is 0 Å². The minimum absolute atomic E-state index is 0.710. The summed E-state index contributed by atoms with van der Waals surface area (Å²) >= 11 is 0. The van der Waals surface area contributed by atoms with Crippen LogP contribution in [0.15, 0.2) is 30.2 Å². The summed E-state index contributed by atoms with van der Waals surface area (Å²) in [7, 11) is 2.10. The maximum Gasteiger partial charge on any atom is 0.0642 e. The summed E-state index contributed by atoms with van der Waals surface area (Å²) in [6.07, 6.45) is 6.17. The van der Waals surface area contributed by atoms with Gasteiger partial charge in [-0.25, -0.2) is 0 Å². The second-order valence-electron chi connectivity index (χ2n) is 5.64. The van der Waals surface area contributed by atoms with Gasteiger partial charge in [0.05, 0.1) is 30.8 Å². The first-order valence-electron chi connectivity index (χ1n) is 7.31.